The van der Waals surface area contributed by atoms with Crippen LogP contribution in [0.5, 0.6) is 0 Å². The first kappa shape index (κ1) is 34.1. The molecule has 0 fully saturated rings. The third kappa shape index (κ3) is 5.42. The summed E-state index contributed by atoms with van der Waals surface area (Å²) in [6.45, 7) is 0. The summed E-state index contributed by atoms with van der Waals surface area (Å²) in [6.07, 6.45) is 0. The second-order valence-electron chi connectivity index (χ2n) is 15.6. The fourth-order valence-corrected chi connectivity index (χ4v) is 9.57. The van der Waals surface area contributed by atoms with Gasteiger partial charge in [-0.25, -0.2) is 0 Å². The SMILES string of the molecule is c1ccc(-c2c(-c3ccccc3)c3cc(-c4cccc(N(c5cccc6c5ccc5ccccc56)c5cccc6oc7ccccc7c56)c4)ccc3c3ccccc23)cc1. The second-order valence-corrected chi connectivity index (χ2v) is 15.6. The molecule has 12 rings (SSSR count). The van der Waals surface area contributed by atoms with Gasteiger partial charge in [-0.3, -0.25) is 0 Å². The van der Waals surface area contributed by atoms with Gasteiger partial charge in [0.05, 0.1) is 16.8 Å². The van der Waals surface area contributed by atoms with Crippen LogP contribution < -0.4 is 4.90 Å². The van der Waals surface area contributed by atoms with Crippen LogP contribution in [-0.4, -0.2) is 0 Å². The molecule has 0 N–H and O–H groups in total. The maximum Gasteiger partial charge on any atom is 0.137 e. The normalized spacial score (nSPS) is 11.7. The van der Waals surface area contributed by atoms with E-state index in [0.717, 1.165) is 50.1 Å². The minimum atomic E-state index is 0.866. The van der Waals surface area contributed by atoms with Crippen molar-refractivity contribution in [1.82, 2.24) is 0 Å². The molecule has 0 unspecified atom stereocenters. The van der Waals surface area contributed by atoms with Crippen molar-refractivity contribution < 1.29 is 4.42 Å². The number of hydrogen-bond acceptors (Lipinski definition) is 2. The van der Waals surface area contributed by atoms with Crippen molar-refractivity contribution in [2.24, 2.45) is 0 Å². The Morgan fingerprint density at radius 2 is 0.817 bits per heavy atom. The number of hydrogen-bond donors (Lipinski definition) is 0. The molecule has 1 heterocycles. The molecular weight excluding hydrogens is 727 g/mol. The van der Waals surface area contributed by atoms with Gasteiger partial charge in [0.1, 0.15) is 11.2 Å². The van der Waals surface area contributed by atoms with Crippen LogP contribution in [-0.2, 0) is 0 Å². The number of furan rings is 1. The van der Waals surface area contributed by atoms with E-state index in [1.54, 1.807) is 0 Å². The fraction of sp³-hybridized carbons (Fsp3) is 0. The van der Waals surface area contributed by atoms with Gasteiger partial charge in [-0.2, -0.15) is 0 Å². The van der Waals surface area contributed by atoms with Crippen LogP contribution in [0.1, 0.15) is 0 Å². The van der Waals surface area contributed by atoms with E-state index in [4.69, 9.17) is 4.42 Å². The largest absolute Gasteiger partial charge is 0.456 e. The van der Waals surface area contributed by atoms with Crippen LogP contribution in [0, 0.1) is 0 Å². The van der Waals surface area contributed by atoms with Crippen LogP contribution in [0.15, 0.2) is 229 Å². The van der Waals surface area contributed by atoms with Crippen LogP contribution in [0.4, 0.5) is 17.1 Å². The van der Waals surface area contributed by atoms with Crippen molar-refractivity contribution in [1.29, 1.82) is 0 Å². The lowest BCUT2D eigenvalue weighted by Gasteiger charge is -2.28. The Morgan fingerprint density at radius 1 is 0.283 bits per heavy atom. The van der Waals surface area contributed by atoms with Crippen molar-refractivity contribution >= 4 is 82.1 Å². The van der Waals surface area contributed by atoms with E-state index in [2.05, 4.69) is 223 Å². The van der Waals surface area contributed by atoms with E-state index >= 15 is 0 Å². The molecule has 2 nitrogen and oxygen atoms in total. The average molecular weight is 764 g/mol. The number of nitrogens with zero attached hydrogens (tertiary/aromatic N) is 1. The Kier molecular flexibility index (Phi) is 7.89. The molecule has 2 heteroatoms. The topological polar surface area (TPSA) is 16.4 Å². The van der Waals surface area contributed by atoms with Gasteiger partial charge >= 0.3 is 0 Å². The summed E-state index contributed by atoms with van der Waals surface area (Å²) >= 11 is 0. The maximum atomic E-state index is 6.49. The van der Waals surface area contributed by atoms with Crippen molar-refractivity contribution in [2.45, 2.75) is 0 Å². The molecule has 0 bridgehead atoms. The molecule has 0 atom stereocenters. The molecule has 12 aromatic rings. The summed E-state index contributed by atoms with van der Waals surface area (Å²) in [5.41, 5.74) is 12.2. The minimum Gasteiger partial charge on any atom is -0.456 e. The molecule has 0 aliphatic rings. The Labute approximate surface area is 347 Å². The van der Waals surface area contributed by atoms with Gasteiger partial charge < -0.3 is 9.32 Å². The highest BCUT2D eigenvalue weighted by Crippen LogP contribution is 2.48. The number of rotatable bonds is 6. The highest BCUT2D eigenvalue weighted by atomic mass is 16.3. The summed E-state index contributed by atoms with van der Waals surface area (Å²) in [7, 11) is 0. The number of anilines is 3. The number of fused-ring (bicyclic) bond motifs is 9. The Morgan fingerprint density at radius 3 is 1.63 bits per heavy atom. The molecule has 0 amide bonds. The predicted octanol–water partition coefficient (Wildman–Crippen LogP) is 16.7. The maximum absolute atomic E-state index is 6.49. The zero-order chi connectivity index (χ0) is 39.6. The molecule has 60 heavy (non-hydrogen) atoms. The standard InChI is InChI=1S/C58H37NO/c1-3-17-39(18-4-1)56-49-25-10-9-24-46(49)47-34-33-42(37-51(47)57(56)40-19-5-2-6-20-40)41-21-13-22-43(36-41)59(53-29-15-31-55-58(53)50-26-11-12-30-54(50)60-55)52-28-14-27-45-44-23-8-7-16-38(44)32-35-48(45)52/h1-37H. The summed E-state index contributed by atoms with van der Waals surface area (Å²) in [5, 5.41) is 12.0. The van der Waals surface area contributed by atoms with Gasteiger partial charge in [0.2, 0.25) is 0 Å². The molecule has 11 aromatic carbocycles. The summed E-state index contributed by atoms with van der Waals surface area (Å²) in [4.78, 5) is 2.43. The van der Waals surface area contributed by atoms with Gasteiger partial charge in [-0.05, 0) is 114 Å². The van der Waals surface area contributed by atoms with E-state index in [0.29, 0.717) is 0 Å². The monoisotopic (exact) mass is 763 g/mol. The summed E-state index contributed by atoms with van der Waals surface area (Å²) in [5.74, 6) is 0. The fourth-order valence-electron chi connectivity index (χ4n) is 9.57. The smallest absolute Gasteiger partial charge is 0.137 e. The van der Waals surface area contributed by atoms with Crippen LogP contribution in [0.3, 0.4) is 0 Å². The molecule has 1 aromatic heterocycles. The van der Waals surface area contributed by atoms with Gasteiger partial charge in [0.15, 0.2) is 0 Å². The first-order chi connectivity index (χ1) is 29.8. The zero-order valence-electron chi connectivity index (χ0n) is 32.7. The molecule has 0 saturated carbocycles. The molecule has 0 aliphatic carbocycles. The van der Waals surface area contributed by atoms with Crippen molar-refractivity contribution in [2.75, 3.05) is 4.90 Å². The second kappa shape index (κ2) is 13.9. The van der Waals surface area contributed by atoms with E-state index < -0.39 is 0 Å². The molecule has 0 spiro atoms. The third-order valence-electron chi connectivity index (χ3n) is 12.2. The lowest BCUT2D eigenvalue weighted by Crippen LogP contribution is -2.11. The highest BCUT2D eigenvalue weighted by molar-refractivity contribution is 6.22. The predicted molar refractivity (Wildman–Crippen MR) is 255 cm³/mol. The van der Waals surface area contributed by atoms with Crippen molar-refractivity contribution in [3.63, 3.8) is 0 Å². The number of para-hydroxylation sites is 1. The van der Waals surface area contributed by atoms with Crippen molar-refractivity contribution in [3.05, 3.63) is 224 Å². The first-order valence-electron chi connectivity index (χ1n) is 20.6. The van der Waals surface area contributed by atoms with Gasteiger partial charge in [0.25, 0.3) is 0 Å². The van der Waals surface area contributed by atoms with Crippen molar-refractivity contribution in [3.8, 4) is 33.4 Å². The Hall–Kier alpha value is -7.94. The molecule has 0 aliphatic heterocycles. The third-order valence-corrected chi connectivity index (χ3v) is 12.2. The first-order valence-corrected chi connectivity index (χ1v) is 20.6. The van der Waals surface area contributed by atoms with Crippen LogP contribution in [0.2, 0.25) is 0 Å². The van der Waals surface area contributed by atoms with E-state index in [-0.39, 0.29) is 0 Å². The highest BCUT2D eigenvalue weighted by Gasteiger charge is 2.23. The Balaban J connectivity index is 1.12. The van der Waals surface area contributed by atoms with E-state index in [1.807, 2.05) is 6.07 Å². The quantitative estimate of drug-likeness (QED) is 0.157. The minimum absolute atomic E-state index is 0.866. The molecule has 280 valence electrons. The van der Waals surface area contributed by atoms with Gasteiger partial charge in [-0.1, -0.05) is 182 Å². The molecule has 0 saturated heterocycles. The summed E-state index contributed by atoms with van der Waals surface area (Å²) in [6, 6.07) is 81.3. The molecule has 0 radical (unpaired) electrons. The van der Waals surface area contributed by atoms with E-state index in [1.165, 1.54) is 65.3 Å². The molecular formula is C58H37NO. The van der Waals surface area contributed by atoms with Crippen LogP contribution >= 0.6 is 0 Å². The zero-order valence-corrected chi connectivity index (χ0v) is 32.7. The average Bonchev–Trinajstić information content (AvgIpc) is 3.71. The Bertz CT molecular complexity index is 3600. The number of benzene rings is 11. The summed E-state index contributed by atoms with van der Waals surface area (Å²) < 4.78 is 6.49. The van der Waals surface area contributed by atoms with E-state index in [9.17, 15) is 0 Å². The van der Waals surface area contributed by atoms with Crippen LogP contribution in [0.25, 0.3) is 98.4 Å². The lowest BCUT2D eigenvalue weighted by molar-refractivity contribution is 0.669. The van der Waals surface area contributed by atoms with Gasteiger partial charge in [0, 0.05) is 16.5 Å². The van der Waals surface area contributed by atoms with Gasteiger partial charge in [-0.15, -0.1) is 0 Å². The lowest BCUT2D eigenvalue weighted by atomic mass is 9.84.